The minimum atomic E-state index is -4.72. The number of pyridine rings is 1. The average molecular weight is 223 g/mol. The van der Waals surface area contributed by atoms with E-state index >= 15 is 0 Å². The molecule has 0 amide bonds. The molecular weight excluding hydrogens is 216 g/mol. The van der Waals surface area contributed by atoms with Gasteiger partial charge in [-0.15, -0.1) is 0 Å². The van der Waals surface area contributed by atoms with E-state index in [4.69, 9.17) is 4.55 Å². The fourth-order valence-corrected chi connectivity index (χ4v) is 1.49. The first-order chi connectivity index (χ1) is 6.31. The van der Waals surface area contributed by atoms with E-state index in [0.717, 1.165) is 12.3 Å². The summed E-state index contributed by atoms with van der Waals surface area (Å²) in [7, 11) is -4.72. The fourth-order valence-electron chi connectivity index (χ4n) is 0.882. The molecule has 1 rings (SSSR count). The van der Waals surface area contributed by atoms with Gasteiger partial charge in [0.1, 0.15) is 11.4 Å². The van der Waals surface area contributed by atoms with Crippen LogP contribution in [0.2, 0.25) is 0 Å². The number of halogens is 2. The van der Waals surface area contributed by atoms with Crippen LogP contribution in [0.15, 0.2) is 24.4 Å². The van der Waals surface area contributed by atoms with Gasteiger partial charge in [0.15, 0.2) is 0 Å². The van der Waals surface area contributed by atoms with Crippen LogP contribution in [0.25, 0.3) is 0 Å². The van der Waals surface area contributed by atoms with Crippen molar-refractivity contribution in [1.82, 2.24) is 4.98 Å². The van der Waals surface area contributed by atoms with Gasteiger partial charge in [0.25, 0.3) is 10.1 Å². The molecule has 0 aliphatic rings. The summed E-state index contributed by atoms with van der Waals surface area (Å²) in [6, 6.07) is 3.72. The summed E-state index contributed by atoms with van der Waals surface area (Å²) < 4.78 is 54.9. The molecule has 0 bridgehead atoms. The van der Waals surface area contributed by atoms with Gasteiger partial charge in [0.05, 0.1) is 0 Å². The van der Waals surface area contributed by atoms with Crippen LogP contribution in [0.5, 0.6) is 0 Å². The zero-order valence-electron chi connectivity index (χ0n) is 6.89. The zero-order valence-corrected chi connectivity index (χ0v) is 7.71. The lowest BCUT2D eigenvalue weighted by Gasteiger charge is -2.12. The third-order valence-corrected chi connectivity index (χ3v) is 2.13. The van der Waals surface area contributed by atoms with Crippen LogP contribution in [-0.2, 0) is 16.0 Å². The highest BCUT2D eigenvalue weighted by molar-refractivity contribution is 7.85. The fraction of sp³-hybridized carbons (Fsp3) is 0.286. The van der Waals surface area contributed by atoms with E-state index in [2.05, 4.69) is 4.98 Å². The van der Waals surface area contributed by atoms with Crippen LogP contribution in [-0.4, -0.2) is 23.7 Å². The Morgan fingerprint density at radius 2 is 2.07 bits per heavy atom. The molecule has 0 radical (unpaired) electrons. The van der Waals surface area contributed by atoms with E-state index < -0.39 is 27.5 Å². The van der Waals surface area contributed by atoms with Gasteiger partial charge in [-0.05, 0) is 12.1 Å². The average Bonchev–Trinajstić information content (AvgIpc) is 2.01. The maximum absolute atomic E-state index is 13.1. The maximum atomic E-state index is 13.1. The molecule has 0 unspecified atom stereocenters. The highest BCUT2D eigenvalue weighted by Crippen LogP contribution is 2.27. The van der Waals surface area contributed by atoms with Crippen molar-refractivity contribution in [1.29, 1.82) is 0 Å². The smallest absolute Gasteiger partial charge is 0.285 e. The lowest BCUT2D eigenvalue weighted by Crippen LogP contribution is -2.26. The molecule has 0 atom stereocenters. The summed E-state index contributed by atoms with van der Waals surface area (Å²) in [6.45, 7) is 0. The molecule has 1 heterocycles. The van der Waals surface area contributed by atoms with Crippen molar-refractivity contribution >= 4 is 10.1 Å². The monoisotopic (exact) mass is 223 g/mol. The predicted molar refractivity (Wildman–Crippen MR) is 44.5 cm³/mol. The van der Waals surface area contributed by atoms with E-state index in [-0.39, 0.29) is 0 Å². The first kappa shape index (κ1) is 11.0. The normalized spacial score (nSPS) is 12.8. The topological polar surface area (TPSA) is 67.3 Å². The Kier molecular flexibility index (Phi) is 2.81. The van der Waals surface area contributed by atoms with Gasteiger partial charge < -0.3 is 0 Å². The molecule has 1 aromatic rings. The molecule has 0 saturated heterocycles. The maximum Gasteiger partial charge on any atom is 0.305 e. The molecule has 0 aromatic carbocycles. The molecule has 4 nitrogen and oxygen atoms in total. The molecule has 0 aliphatic heterocycles. The molecule has 78 valence electrons. The Bertz CT molecular complexity index is 404. The first-order valence-corrected chi connectivity index (χ1v) is 5.17. The number of hydrogen-bond acceptors (Lipinski definition) is 3. The Balaban J connectivity index is 2.97. The molecule has 0 spiro atoms. The summed E-state index contributed by atoms with van der Waals surface area (Å²) in [5.74, 6) is -5.33. The van der Waals surface area contributed by atoms with Gasteiger partial charge in [-0.25, -0.2) is 0 Å². The lowest BCUT2D eigenvalue weighted by atomic mass is 10.2. The van der Waals surface area contributed by atoms with Crippen molar-refractivity contribution in [2.24, 2.45) is 0 Å². The van der Waals surface area contributed by atoms with E-state index in [9.17, 15) is 17.2 Å². The van der Waals surface area contributed by atoms with Crippen molar-refractivity contribution in [3.05, 3.63) is 30.1 Å². The van der Waals surface area contributed by atoms with Crippen molar-refractivity contribution < 1.29 is 21.8 Å². The van der Waals surface area contributed by atoms with Gasteiger partial charge in [-0.2, -0.15) is 17.2 Å². The highest BCUT2D eigenvalue weighted by Gasteiger charge is 2.38. The number of alkyl halides is 2. The standard InChI is InChI=1S/C7H7F2NO3S/c8-7(9,5-14(11,12)13)6-3-1-2-4-10-6/h1-4H,5H2,(H,11,12,13). The summed E-state index contributed by atoms with van der Waals surface area (Å²) >= 11 is 0. The number of rotatable bonds is 3. The van der Waals surface area contributed by atoms with Crippen LogP contribution >= 0.6 is 0 Å². The predicted octanol–water partition coefficient (Wildman–Crippen LogP) is 1.06. The zero-order chi connectivity index (χ0) is 10.8. The van der Waals surface area contributed by atoms with Crippen molar-refractivity contribution in [2.45, 2.75) is 5.92 Å². The van der Waals surface area contributed by atoms with Crippen molar-refractivity contribution in [2.75, 3.05) is 5.75 Å². The first-order valence-electron chi connectivity index (χ1n) is 3.56. The third-order valence-electron chi connectivity index (χ3n) is 1.40. The minimum absolute atomic E-state index is 0.683. The van der Waals surface area contributed by atoms with Crippen LogP contribution in [0.1, 0.15) is 5.69 Å². The Labute approximate surface area is 79.3 Å². The number of hydrogen-bond donors (Lipinski definition) is 1. The van der Waals surface area contributed by atoms with Gasteiger partial charge in [0.2, 0.25) is 0 Å². The Hall–Kier alpha value is -1.08. The Morgan fingerprint density at radius 3 is 2.50 bits per heavy atom. The highest BCUT2D eigenvalue weighted by atomic mass is 32.2. The molecule has 0 saturated carbocycles. The quantitative estimate of drug-likeness (QED) is 0.778. The molecule has 1 aromatic heterocycles. The minimum Gasteiger partial charge on any atom is -0.285 e. The number of aromatic nitrogens is 1. The largest absolute Gasteiger partial charge is 0.305 e. The second-order valence-electron chi connectivity index (χ2n) is 2.65. The summed E-state index contributed by atoms with van der Waals surface area (Å²) in [6.07, 6.45) is 1.12. The van der Waals surface area contributed by atoms with Gasteiger partial charge in [-0.3, -0.25) is 9.54 Å². The summed E-state index contributed by atoms with van der Waals surface area (Å²) in [5, 5.41) is 0. The molecule has 0 fully saturated rings. The van der Waals surface area contributed by atoms with Gasteiger partial charge in [-0.1, -0.05) is 6.07 Å². The third kappa shape index (κ3) is 3.00. The van der Waals surface area contributed by atoms with E-state index in [1.54, 1.807) is 0 Å². The molecule has 0 aliphatic carbocycles. The van der Waals surface area contributed by atoms with Crippen LogP contribution in [0, 0.1) is 0 Å². The lowest BCUT2D eigenvalue weighted by molar-refractivity contribution is 0.0152. The number of nitrogens with zero attached hydrogens (tertiary/aromatic N) is 1. The van der Waals surface area contributed by atoms with Crippen LogP contribution < -0.4 is 0 Å². The summed E-state index contributed by atoms with van der Waals surface area (Å²) in [5.41, 5.74) is -0.683. The molecular formula is C7H7F2NO3S. The van der Waals surface area contributed by atoms with Crippen LogP contribution in [0.3, 0.4) is 0 Å². The Morgan fingerprint density at radius 1 is 1.43 bits per heavy atom. The molecule has 1 N–H and O–H groups in total. The van der Waals surface area contributed by atoms with Gasteiger partial charge >= 0.3 is 5.92 Å². The van der Waals surface area contributed by atoms with Crippen molar-refractivity contribution in [3.8, 4) is 0 Å². The van der Waals surface area contributed by atoms with Crippen LogP contribution in [0.4, 0.5) is 8.78 Å². The summed E-state index contributed by atoms with van der Waals surface area (Å²) in [4.78, 5) is 3.31. The second kappa shape index (κ2) is 3.58. The molecule has 7 heteroatoms. The SMILES string of the molecule is O=S(=O)(O)CC(F)(F)c1ccccn1. The van der Waals surface area contributed by atoms with Crippen molar-refractivity contribution in [3.63, 3.8) is 0 Å². The van der Waals surface area contributed by atoms with E-state index in [1.165, 1.54) is 12.1 Å². The van der Waals surface area contributed by atoms with E-state index in [1.807, 2.05) is 0 Å². The molecule has 14 heavy (non-hydrogen) atoms. The van der Waals surface area contributed by atoms with Gasteiger partial charge in [0, 0.05) is 6.20 Å². The second-order valence-corrected chi connectivity index (χ2v) is 4.10. The van der Waals surface area contributed by atoms with E-state index in [0.29, 0.717) is 0 Å².